The molecule has 9 heteroatoms. The van der Waals surface area contributed by atoms with E-state index in [2.05, 4.69) is 10.2 Å². The highest BCUT2D eigenvalue weighted by molar-refractivity contribution is 6.42. The van der Waals surface area contributed by atoms with E-state index in [0.29, 0.717) is 47.1 Å². The van der Waals surface area contributed by atoms with Gasteiger partial charge < -0.3 is 16.0 Å². The van der Waals surface area contributed by atoms with E-state index >= 15 is 0 Å². The molecule has 1 aromatic carbocycles. The molecule has 1 unspecified atom stereocenters. The molecule has 0 saturated carbocycles. The minimum Gasteiger partial charge on any atom is -0.370 e. The highest BCUT2D eigenvalue weighted by Gasteiger charge is 2.32. The molecule has 164 valence electrons. The molecule has 0 spiro atoms. The lowest BCUT2D eigenvalue weighted by Gasteiger charge is -2.35. The molecule has 2 aliphatic rings. The van der Waals surface area contributed by atoms with Gasteiger partial charge in [-0.3, -0.25) is 19.3 Å². The highest BCUT2D eigenvalue weighted by Crippen LogP contribution is 2.26. The lowest BCUT2D eigenvalue weighted by molar-refractivity contribution is -0.129. The zero-order chi connectivity index (χ0) is 21.7. The molecule has 3 amide bonds. The lowest BCUT2D eigenvalue weighted by Crippen LogP contribution is -2.44. The number of nitrogens with zero attached hydrogens (tertiary/aromatic N) is 2. The summed E-state index contributed by atoms with van der Waals surface area (Å²) in [5.74, 6) is -0.101. The average Bonchev–Trinajstić information content (AvgIpc) is 3.23. The van der Waals surface area contributed by atoms with E-state index in [4.69, 9.17) is 28.9 Å². The first-order valence-electron chi connectivity index (χ1n) is 10.4. The summed E-state index contributed by atoms with van der Waals surface area (Å²) in [4.78, 5) is 40.0. The monoisotopic (exact) mass is 454 g/mol. The summed E-state index contributed by atoms with van der Waals surface area (Å²) in [5, 5.41) is 3.34. The van der Waals surface area contributed by atoms with Crippen molar-refractivity contribution in [3.8, 4) is 0 Å². The topological polar surface area (TPSA) is 95.7 Å². The van der Waals surface area contributed by atoms with Gasteiger partial charge in [0.05, 0.1) is 16.6 Å². The predicted octanol–water partition coefficient (Wildman–Crippen LogP) is 2.30. The molecular weight excluding hydrogens is 427 g/mol. The number of likely N-dealkylation sites (tertiary alicyclic amines) is 2. The van der Waals surface area contributed by atoms with Crippen LogP contribution >= 0.6 is 23.2 Å². The van der Waals surface area contributed by atoms with Gasteiger partial charge in [0.2, 0.25) is 11.8 Å². The van der Waals surface area contributed by atoms with Crippen LogP contribution in [0.2, 0.25) is 10.0 Å². The minimum atomic E-state index is -0.351. The van der Waals surface area contributed by atoms with Crippen LogP contribution in [0.5, 0.6) is 0 Å². The Balaban J connectivity index is 1.40. The quantitative estimate of drug-likeness (QED) is 0.660. The maximum atomic E-state index is 12.5. The van der Waals surface area contributed by atoms with Crippen molar-refractivity contribution < 1.29 is 14.4 Å². The Labute approximate surface area is 186 Å². The van der Waals surface area contributed by atoms with E-state index in [1.807, 2.05) is 4.90 Å². The van der Waals surface area contributed by atoms with Crippen molar-refractivity contribution in [2.24, 2.45) is 11.7 Å². The lowest BCUT2D eigenvalue weighted by atomic mass is 9.91. The SMILES string of the molecule is NC(=O)CCC1CCN(C2CCN(C(=O)CNC(=O)c3ccc(Cl)c(Cl)c3)C2)CC1. The van der Waals surface area contributed by atoms with Crippen LogP contribution in [-0.2, 0) is 9.59 Å². The molecule has 2 fully saturated rings. The Kier molecular flexibility index (Phi) is 7.97. The fourth-order valence-electron chi connectivity index (χ4n) is 4.23. The average molecular weight is 455 g/mol. The number of nitrogens with two attached hydrogens (primary N) is 1. The van der Waals surface area contributed by atoms with Crippen LogP contribution in [0.4, 0.5) is 0 Å². The number of piperidine rings is 1. The number of carbonyl (C=O) groups excluding carboxylic acids is 3. The molecule has 3 N–H and O–H groups in total. The van der Waals surface area contributed by atoms with Crippen LogP contribution in [-0.4, -0.2) is 66.3 Å². The van der Waals surface area contributed by atoms with Gasteiger partial charge in [-0.25, -0.2) is 0 Å². The predicted molar refractivity (Wildman–Crippen MR) is 117 cm³/mol. The molecule has 0 radical (unpaired) electrons. The molecule has 2 heterocycles. The normalized spacial score (nSPS) is 20.3. The number of hydrogen-bond donors (Lipinski definition) is 2. The van der Waals surface area contributed by atoms with Crippen LogP contribution in [0.3, 0.4) is 0 Å². The number of benzene rings is 1. The van der Waals surface area contributed by atoms with Gasteiger partial charge in [-0.2, -0.15) is 0 Å². The molecule has 0 bridgehead atoms. The zero-order valence-corrected chi connectivity index (χ0v) is 18.4. The third-order valence-corrected chi connectivity index (χ3v) is 6.80. The maximum absolute atomic E-state index is 12.5. The van der Waals surface area contributed by atoms with Crippen molar-refractivity contribution >= 4 is 40.9 Å². The molecule has 0 aromatic heterocycles. The smallest absolute Gasteiger partial charge is 0.251 e. The van der Waals surface area contributed by atoms with E-state index in [-0.39, 0.29) is 24.3 Å². The first-order valence-corrected chi connectivity index (χ1v) is 11.1. The number of rotatable bonds is 7. The largest absolute Gasteiger partial charge is 0.370 e. The summed E-state index contributed by atoms with van der Waals surface area (Å²) >= 11 is 11.8. The fraction of sp³-hybridized carbons (Fsp3) is 0.571. The summed E-state index contributed by atoms with van der Waals surface area (Å²) in [7, 11) is 0. The Morgan fingerprint density at radius 2 is 1.80 bits per heavy atom. The van der Waals surface area contributed by atoms with E-state index < -0.39 is 0 Å². The Hall–Kier alpha value is -1.83. The summed E-state index contributed by atoms with van der Waals surface area (Å²) in [5.41, 5.74) is 5.62. The van der Waals surface area contributed by atoms with Gasteiger partial charge in [-0.05, 0) is 62.9 Å². The molecule has 7 nitrogen and oxygen atoms in total. The van der Waals surface area contributed by atoms with E-state index in [1.165, 1.54) is 6.07 Å². The van der Waals surface area contributed by atoms with Gasteiger partial charge >= 0.3 is 0 Å². The summed E-state index contributed by atoms with van der Waals surface area (Å²) in [6.45, 7) is 3.33. The number of nitrogens with one attached hydrogen (secondary N) is 1. The third-order valence-electron chi connectivity index (χ3n) is 6.06. The molecule has 30 heavy (non-hydrogen) atoms. The van der Waals surface area contributed by atoms with Crippen molar-refractivity contribution in [1.29, 1.82) is 0 Å². The molecule has 2 aliphatic heterocycles. The molecule has 1 aromatic rings. The molecule has 0 aliphatic carbocycles. The number of hydrogen-bond acceptors (Lipinski definition) is 4. The molecular formula is C21H28Cl2N4O3. The van der Waals surface area contributed by atoms with Crippen molar-refractivity contribution in [1.82, 2.24) is 15.1 Å². The van der Waals surface area contributed by atoms with Crippen LogP contribution in [0.25, 0.3) is 0 Å². The summed E-state index contributed by atoms with van der Waals surface area (Å²) in [6, 6.07) is 4.98. The highest BCUT2D eigenvalue weighted by atomic mass is 35.5. The van der Waals surface area contributed by atoms with Crippen molar-refractivity contribution in [3.63, 3.8) is 0 Å². The number of carbonyl (C=O) groups is 3. The van der Waals surface area contributed by atoms with E-state index in [0.717, 1.165) is 38.8 Å². The van der Waals surface area contributed by atoms with E-state index in [1.54, 1.807) is 12.1 Å². The Morgan fingerprint density at radius 1 is 1.07 bits per heavy atom. The van der Waals surface area contributed by atoms with Crippen molar-refractivity contribution in [2.45, 2.75) is 38.1 Å². The van der Waals surface area contributed by atoms with Crippen molar-refractivity contribution in [3.05, 3.63) is 33.8 Å². The van der Waals surface area contributed by atoms with Crippen LogP contribution < -0.4 is 11.1 Å². The second kappa shape index (κ2) is 10.5. The second-order valence-electron chi connectivity index (χ2n) is 8.08. The Bertz CT molecular complexity index is 796. The molecule has 3 rings (SSSR count). The van der Waals surface area contributed by atoms with Gasteiger partial charge in [0.1, 0.15) is 0 Å². The zero-order valence-electron chi connectivity index (χ0n) is 16.9. The van der Waals surface area contributed by atoms with Gasteiger partial charge in [0.15, 0.2) is 0 Å². The van der Waals surface area contributed by atoms with Gasteiger partial charge in [0, 0.05) is 31.1 Å². The standard InChI is InChI=1S/C21H28Cl2N4O3/c22-17-3-2-15(11-18(17)23)21(30)25-12-20(29)27-10-7-16(13-27)26-8-5-14(6-9-26)1-4-19(24)28/h2-3,11,14,16H,1,4-10,12-13H2,(H2,24,28)(H,25,30). The van der Waals surface area contributed by atoms with E-state index in [9.17, 15) is 14.4 Å². The van der Waals surface area contributed by atoms with Gasteiger partial charge in [-0.15, -0.1) is 0 Å². The maximum Gasteiger partial charge on any atom is 0.251 e. The van der Waals surface area contributed by atoms with Crippen molar-refractivity contribution in [2.75, 3.05) is 32.7 Å². The van der Waals surface area contributed by atoms with Gasteiger partial charge in [-0.1, -0.05) is 23.2 Å². The van der Waals surface area contributed by atoms with Crippen LogP contribution in [0.15, 0.2) is 18.2 Å². The number of halogens is 2. The number of primary amides is 1. The number of amides is 3. The van der Waals surface area contributed by atoms with Crippen LogP contribution in [0, 0.1) is 5.92 Å². The van der Waals surface area contributed by atoms with Gasteiger partial charge in [0.25, 0.3) is 5.91 Å². The first kappa shape index (κ1) is 22.8. The summed E-state index contributed by atoms with van der Waals surface area (Å²) in [6.07, 6.45) is 4.41. The molecule has 1 atom stereocenters. The second-order valence-corrected chi connectivity index (χ2v) is 8.89. The summed E-state index contributed by atoms with van der Waals surface area (Å²) < 4.78 is 0. The minimum absolute atomic E-state index is 0.0407. The Morgan fingerprint density at radius 3 is 2.47 bits per heavy atom. The third kappa shape index (κ3) is 6.09. The molecule has 2 saturated heterocycles. The first-order chi connectivity index (χ1) is 14.3. The fourth-order valence-corrected chi connectivity index (χ4v) is 4.52. The van der Waals surface area contributed by atoms with Crippen LogP contribution in [0.1, 0.15) is 42.5 Å².